The number of halogens is 3. The second-order valence-electron chi connectivity index (χ2n) is 5.37. The lowest BCUT2D eigenvalue weighted by molar-refractivity contribution is -0.137. The molecule has 1 unspecified atom stereocenters. The number of pyridine rings is 1. The van der Waals surface area contributed by atoms with E-state index in [1.165, 1.54) is 11.0 Å². The second-order valence-corrected chi connectivity index (χ2v) is 5.37. The molecule has 21 heavy (non-hydrogen) atoms. The molecule has 1 saturated heterocycles. The number of hydrogen-bond donors (Lipinski definition) is 1. The van der Waals surface area contributed by atoms with E-state index >= 15 is 0 Å². The summed E-state index contributed by atoms with van der Waals surface area (Å²) in [6.45, 7) is 1.38. The van der Waals surface area contributed by atoms with Gasteiger partial charge < -0.3 is 14.7 Å². The third-order valence-corrected chi connectivity index (χ3v) is 4.13. The summed E-state index contributed by atoms with van der Waals surface area (Å²) in [5.74, 6) is 1.03. The molecule has 1 aliphatic carbocycles. The third kappa shape index (κ3) is 2.74. The van der Waals surface area contributed by atoms with Crippen LogP contribution in [0.25, 0.3) is 0 Å². The number of aromatic nitrogens is 1. The van der Waals surface area contributed by atoms with Gasteiger partial charge in [-0.1, -0.05) is 0 Å². The Morgan fingerprint density at radius 3 is 2.52 bits per heavy atom. The fourth-order valence-corrected chi connectivity index (χ4v) is 2.87. The summed E-state index contributed by atoms with van der Waals surface area (Å²) < 4.78 is 42.5. The smallest absolute Gasteiger partial charge is 0.417 e. The lowest BCUT2D eigenvalue weighted by Gasteiger charge is -2.15. The van der Waals surface area contributed by atoms with E-state index in [-0.39, 0.29) is 11.8 Å². The van der Waals surface area contributed by atoms with E-state index in [9.17, 15) is 18.0 Å². The number of piperidine rings is 1. The van der Waals surface area contributed by atoms with E-state index < -0.39 is 17.8 Å². The molecule has 2 aliphatic rings. The fraction of sp³-hybridized carbons (Fsp3) is 0.538. The van der Waals surface area contributed by atoms with Gasteiger partial charge in [-0.25, -0.2) is 9.78 Å². The van der Waals surface area contributed by atoms with Crippen LogP contribution in [0.4, 0.5) is 18.0 Å². The van der Waals surface area contributed by atoms with Gasteiger partial charge in [0.25, 0.3) is 0 Å². The molecule has 0 spiro atoms. The van der Waals surface area contributed by atoms with Crippen molar-refractivity contribution in [3.63, 3.8) is 0 Å². The van der Waals surface area contributed by atoms with Crippen molar-refractivity contribution < 1.29 is 27.8 Å². The number of likely N-dealkylation sites (tertiary alicyclic amines) is 1. The van der Waals surface area contributed by atoms with Crippen molar-refractivity contribution >= 4 is 6.09 Å². The minimum atomic E-state index is -4.40. The van der Waals surface area contributed by atoms with E-state index in [1.807, 2.05) is 0 Å². The van der Waals surface area contributed by atoms with Crippen LogP contribution in [0, 0.1) is 17.8 Å². The molecule has 0 aromatic carbocycles. The maximum Gasteiger partial charge on any atom is 0.417 e. The number of carboxylic acid groups (broad SMARTS) is 1. The Balaban J connectivity index is 1.49. The molecule has 8 heteroatoms. The third-order valence-electron chi connectivity index (χ3n) is 4.13. The molecule has 1 N–H and O–H groups in total. The Morgan fingerprint density at radius 2 is 2.05 bits per heavy atom. The molecule has 1 aromatic heterocycles. The number of amides is 1. The minimum absolute atomic E-state index is 0.156. The van der Waals surface area contributed by atoms with Crippen molar-refractivity contribution in [1.82, 2.24) is 9.88 Å². The standard InChI is InChI=1S/C13H13F3N2O3/c14-13(15,16)7-1-2-11(17-3-7)21-6-10-8-4-18(12(19)20)5-9(8)10/h1-3,8-10H,4-6H2,(H,19,20)/t8-,9+,10?. The molecule has 2 heterocycles. The van der Waals surface area contributed by atoms with Gasteiger partial charge in [-0.2, -0.15) is 13.2 Å². The topological polar surface area (TPSA) is 62.7 Å². The zero-order valence-corrected chi connectivity index (χ0v) is 10.9. The largest absolute Gasteiger partial charge is 0.477 e. The van der Waals surface area contributed by atoms with Crippen LogP contribution in [0.15, 0.2) is 18.3 Å². The summed E-state index contributed by atoms with van der Waals surface area (Å²) in [4.78, 5) is 15.8. The highest BCUT2D eigenvalue weighted by molar-refractivity contribution is 5.65. The molecule has 0 bridgehead atoms. The predicted molar refractivity (Wildman–Crippen MR) is 64.8 cm³/mol. The minimum Gasteiger partial charge on any atom is -0.477 e. The summed E-state index contributed by atoms with van der Waals surface area (Å²) in [7, 11) is 0. The number of nitrogens with zero attached hydrogens (tertiary/aromatic N) is 2. The first-order valence-corrected chi connectivity index (χ1v) is 6.50. The van der Waals surface area contributed by atoms with E-state index in [1.54, 1.807) is 0 Å². The lowest BCUT2D eigenvalue weighted by Crippen LogP contribution is -2.30. The summed E-state index contributed by atoms with van der Waals surface area (Å²) in [5.41, 5.74) is -0.810. The van der Waals surface area contributed by atoms with E-state index in [0.29, 0.717) is 31.5 Å². The number of fused-ring (bicyclic) bond motifs is 1. The Hall–Kier alpha value is -1.99. The average Bonchev–Trinajstić information content (AvgIpc) is 2.86. The van der Waals surface area contributed by atoms with Crippen LogP contribution in [0.2, 0.25) is 0 Å². The zero-order chi connectivity index (χ0) is 15.2. The molecule has 0 radical (unpaired) electrons. The van der Waals surface area contributed by atoms with Crippen LogP contribution < -0.4 is 4.74 Å². The number of ether oxygens (including phenoxy) is 1. The zero-order valence-electron chi connectivity index (χ0n) is 10.9. The molecule has 1 aliphatic heterocycles. The Labute approximate surface area is 118 Å². The van der Waals surface area contributed by atoms with Crippen molar-refractivity contribution in [1.29, 1.82) is 0 Å². The van der Waals surface area contributed by atoms with Crippen molar-refractivity contribution in [3.8, 4) is 5.88 Å². The predicted octanol–water partition coefficient (Wildman–Crippen LogP) is 2.34. The molecular weight excluding hydrogens is 289 g/mol. The Bertz CT molecular complexity index is 535. The summed E-state index contributed by atoms with van der Waals surface area (Å²) in [5, 5.41) is 8.83. The average molecular weight is 302 g/mol. The first kappa shape index (κ1) is 14.0. The van der Waals surface area contributed by atoms with Crippen LogP contribution in [-0.4, -0.2) is 40.8 Å². The number of alkyl halides is 3. The van der Waals surface area contributed by atoms with Crippen LogP contribution in [0.1, 0.15) is 5.56 Å². The molecule has 5 nitrogen and oxygen atoms in total. The van der Waals surface area contributed by atoms with Crippen molar-refractivity contribution in [3.05, 3.63) is 23.9 Å². The molecule has 1 saturated carbocycles. The number of rotatable bonds is 3. The molecule has 2 fully saturated rings. The first-order chi connectivity index (χ1) is 9.86. The van der Waals surface area contributed by atoms with Gasteiger partial charge >= 0.3 is 12.3 Å². The SMILES string of the molecule is O=C(O)N1C[C@@H]2C(COc3ccc(C(F)(F)F)cn3)[C@@H]2C1. The Kier molecular flexibility index (Phi) is 3.18. The van der Waals surface area contributed by atoms with Gasteiger partial charge in [0, 0.05) is 31.3 Å². The molecule has 114 valence electrons. The lowest BCUT2D eigenvalue weighted by atomic mass is 10.3. The molecule has 3 atom stereocenters. The van der Waals surface area contributed by atoms with Gasteiger partial charge in [0.2, 0.25) is 5.88 Å². The van der Waals surface area contributed by atoms with Gasteiger partial charge in [0.1, 0.15) is 0 Å². The van der Waals surface area contributed by atoms with Crippen molar-refractivity contribution in [2.45, 2.75) is 6.18 Å². The molecule has 1 amide bonds. The van der Waals surface area contributed by atoms with Crippen LogP contribution in [-0.2, 0) is 6.18 Å². The monoisotopic (exact) mass is 302 g/mol. The van der Waals surface area contributed by atoms with Crippen molar-refractivity contribution in [2.24, 2.45) is 17.8 Å². The summed E-state index contributed by atoms with van der Waals surface area (Å²) in [6.07, 6.45) is -4.57. The number of carbonyl (C=O) groups is 1. The van der Waals surface area contributed by atoms with Crippen LogP contribution in [0.3, 0.4) is 0 Å². The maximum atomic E-state index is 12.4. The molecule has 3 rings (SSSR count). The molecule has 1 aromatic rings. The summed E-state index contributed by atoms with van der Waals surface area (Å²) >= 11 is 0. The van der Waals surface area contributed by atoms with Crippen molar-refractivity contribution in [2.75, 3.05) is 19.7 Å². The summed E-state index contributed by atoms with van der Waals surface area (Å²) in [6, 6.07) is 2.13. The van der Waals surface area contributed by atoms with Crippen LogP contribution >= 0.6 is 0 Å². The highest BCUT2D eigenvalue weighted by atomic mass is 19.4. The van der Waals surface area contributed by atoms with E-state index in [2.05, 4.69) is 4.98 Å². The van der Waals surface area contributed by atoms with Gasteiger partial charge in [-0.15, -0.1) is 0 Å². The van der Waals surface area contributed by atoms with Crippen LogP contribution in [0.5, 0.6) is 5.88 Å². The first-order valence-electron chi connectivity index (χ1n) is 6.50. The second kappa shape index (κ2) is 4.78. The van der Waals surface area contributed by atoms with E-state index in [0.717, 1.165) is 12.3 Å². The van der Waals surface area contributed by atoms with Gasteiger partial charge in [-0.05, 0) is 17.9 Å². The van der Waals surface area contributed by atoms with Gasteiger partial charge in [-0.3, -0.25) is 0 Å². The highest BCUT2D eigenvalue weighted by Gasteiger charge is 2.57. The normalized spacial score (nSPS) is 27.4. The Morgan fingerprint density at radius 1 is 1.38 bits per heavy atom. The maximum absolute atomic E-state index is 12.4. The van der Waals surface area contributed by atoms with Gasteiger partial charge in [0.15, 0.2) is 0 Å². The quantitative estimate of drug-likeness (QED) is 0.931. The van der Waals surface area contributed by atoms with E-state index in [4.69, 9.17) is 9.84 Å². The highest BCUT2D eigenvalue weighted by Crippen LogP contribution is 2.51. The fourth-order valence-electron chi connectivity index (χ4n) is 2.87. The van der Waals surface area contributed by atoms with Gasteiger partial charge in [0.05, 0.1) is 12.2 Å². The number of hydrogen-bond acceptors (Lipinski definition) is 3. The molecular formula is C13H13F3N2O3.